The van der Waals surface area contributed by atoms with Crippen LogP contribution >= 0.6 is 0 Å². The first kappa shape index (κ1) is 12.5. The normalized spacial score (nSPS) is 38.8. The highest BCUT2D eigenvalue weighted by molar-refractivity contribution is 5.82. The monoisotopic (exact) mass is 250 g/mol. The van der Waals surface area contributed by atoms with Crippen LogP contribution in [0.4, 0.5) is 0 Å². The summed E-state index contributed by atoms with van der Waals surface area (Å²) in [5, 5.41) is 3.53. The van der Waals surface area contributed by atoms with Crippen LogP contribution in [0.2, 0.25) is 0 Å². The number of nitrogens with zero attached hydrogens (tertiary/aromatic N) is 1. The molecule has 1 saturated carbocycles. The standard InChI is InChI=1S/C15H26N2O/c1-14(2)9-12(14)13(18)17-8-4-6-15(11-17)5-3-7-16-10-15/h12,16H,3-11H2,1-2H3. The number of likely N-dealkylation sites (tertiary alicyclic amines) is 1. The Morgan fingerprint density at radius 1 is 1.28 bits per heavy atom. The van der Waals surface area contributed by atoms with Crippen molar-refractivity contribution >= 4 is 5.91 Å². The molecule has 18 heavy (non-hydrogen) atoms. The van der Waals surface area contributed by atoms with Crippen LogP contribution < -0.4 is 5.32 Å². The molecule has 0 radical (unpaired) electrons. The lowest BCUT2D eigenvalue weighted by atomic mass is 9.74. The molecule has 2 saturated heterocycles. The maximum atomic E-state index is 12.5. The van der Waals surface area contributed by atoms with E-state index in [1.165, 1.54) is 25.7 Å². The van der Waals surface area contributed by atoms with E-state index in [4.69, 9.17) is 0 Å². The Morgan fingerprint density at radius 3 is 2.61 bits per heavy atom. The molecule has 1 amide bonds. The number of piperidine rings is 2. The Morgan fingerprint density at radius 2 is 2.00 bits per heavy atom. The van der Waals surface area contributed by atoms with E-state index in [1.807, 2.05) is 0 Å². The van der Waals surface area contributed by atoms with Crippen LogP contribution in [0.1, 0.15) is 46.0 Å². The molecule has 2 unspecified atom stereocenters. The second-order valence-electron chi connectivity index (χ2n) is 7.39. The Kier molecular flexibility index (Phi) is 2.92. The predicted molar refractivity (Wildman–Crippen MR) is 72.2 cm³/mol. The van der Waals surface area contributed by atoms with E-state index in [-0.39, 0.29) is 5.41 Å². The fourth-order valence-corrected chi connectivity index (χ4v) is 3.88. The third-order valence-corrected chi connectivity index (χ3v) is 5.35. The second kappa shape index (κ2) is 4.22. The quantitative estimate of drug-likeness (QED) is 0.772. The summed E-state index contributed by atoms with van der Waals surface area (Å²) in [6, 6.07) is 0. The van der Waals surface area contributed by atoms with Crippen molar-refractivity contribution in [3.05, 3.63) is 0 Å². The molecule has 2 heterocycles. The first-order chi connectivity index (χ1) is 8.53. The topological polar surface area (TPSA) is 32.3 Å². The van der Waals surface area contributed by atoms with Crippen LogP contribution in [0, 0.1) is 16.7 Å². The van der Waals surface area contributed by atoms with Crippen molar-refractivity contribution in [1.29, 1.82) is 0 Å². The maximum Gasteiger partial charge on any atom is 0.226 e. The van der Waals surface area contributed by atoms with Crippen LogP contribution in [0.3, 0.4) is 0 Å². The third kappa shape index (κ3) is 2.18. The van der Waals surface area contributed by atoms with E-state index in [2.05, 4.69) is 24.1 Å². The van der Waals surface area contributed by atoms with Crippen molar-refractivity contribution in [2.45, 2.75) is 46.0 Å². The zero-order chi connectivity index (χ0) is 12.8. The molecule has 0 bridgehead atoms. The molecule has 3 rings (SSSR count). The zero-order valence-corrected chi connectivity index (χ0v) is 11.8. The number of hydrogen-bond acceptors (Lipinski definition) is 2. The van der Waals surface area contributed by atoms with Gasteiger partial charge in [0.25, 0.3) is 0 Å². The number of amides is 1. The zero-order valence-electron chi connectivity index (χ0n) is 11.8. The molecule has 102 valence electrons. The lowest BCUT2D eigenvalue weighted by molar-refractivity contribution is -0.137. The molecule has 0 aromatic heterocycles. The molecule has 3 nitrogen and oxygen atoms in total. The van der Waals surface area contributed by atoms with Crippen LogP contribution in [0.15, 0.2) is 0 Å². The van der Waals surface area contributed by atoms with Crippen molar-refractivity contribution in [1.82, 2.24) is 10.2 Å². The van der Waals surface area contributed by atoms with E-state index in [0.29, 0.717) is 17.2 Å². The Hall–Kier alpha value is -0.570. The largest absolute Gasteiger partial charge is 0.342 e. The molecule has 3 fully saturated rings. The van der Waals surface area contributed by atoms with Gasteiger partial charge in [-0.3, -0.25) is 4.79 Å². The number of nitrogens with one attached hydrogen (secondary N) is 1. The summed E-state index contributed by atoms with van der Waals surface area (Å²) in [5.74, 6) is 0.744. The molecule has 1 N–H and O–H groups in total. The predicted octanol–water partition coefficient (Wildman–Crippen LogP) is 2.02. The highest BCUT2D eigenvalue weighted by Gasteiger charge is 2.53. The average Bonchev–Trinajstić information content (AvgIpc) is 2.98. The van der Waals surface area contributed by atoms with Gasteiger partial charge in [-0.25, -0.2) is 0 Å². The summed E-state index contributed by atoms with van der Waals surface area (Å²) >= 11 is 0. The third-order valence-electron chi connectivity index (χ3n) is 5.35. The first-order valence-electron chi connectivity index (χ1n) is 7.52. The molecule has 2 aliphatic heterocycles. The number of hydrogen-bond donors (Lipinski definition) is 1. The van der Waals surface area contributed by atoms with Crippen molar-refractivity contribution in [3.8, 4) is 0 Å². The van der Waals surface area contributed by atoms with Gasteiger partial charge in [0.15, 0.2) is 0 Å². The molecular formula is C15H26N2O. The minimum atomic E-state index is 0.270. The Labute approximate surface area is 110 Å². The Bertz CT molecular complexity index is 339. The molecule has 0 aromatic carbocycles. The van der Waals surface area contributed by atoms with E-state index in [0.717, 1.165) is 32.6 Å². The van der Waals surface area contributed by atoms with Gasteiger partial charge in [0.2, 0.25) is 5.91 Å². The van der Waals surface area contributed by atoms with Gasteiger partial charge in [0.1, 0.15) is 0 Å². The van der Waals surface area contributed by atoms with Gasteiger partial charge < -0.3 is 10.2 Å². The van der Waals surface area contributed by atoms with Crippen molar-refractivity contribution in [2.75, 3.05) is 26.2 Å². The van der Waals surface area contributed by atoms with Crippen LogP contribution in [-0.4, -0.2) is 37.0 Å². The van der Waals surface area contributed by atoms with Gasteiger partial charge in [-0.05, 0) is 44.1 Å². The highest BCUT2D eigenvalue weighted by atomic mass is 16.2. The fourth-order valence-electron chi connectivity index (χ4n) is 3.88. The van der Waals surface area contributed by atoms with E-state index in [1.54, 1.807) is 0 Å². The molecule has 1 spiro atoms. The summed E-state index contributed by atoms with van der Waals surface area (Å²) in [4.78, 5) is 14.7. The minimum Gasteiger partial charge on any atom is -0.342 e. The lowest BCUT2D eigenvalue weighted by Crippen LogP contribution is -2.53. The summed E-state index contributed by atoms with van der Waals surface area (Å²) < 4.78 is 0. The molecule has 0 aromatic rings. The van der Waals surface area contributed by atoms with Gasteiger partial charge in [0, 0.05) is 31.0 Å². The maximum absolute atomic E-state index is 12.5. The van der Waals surface area contributed by atoms with E-state index < -0.39 is 0 Å². The van der Waals surface area contributed by atoms with Gasteiger partial charge in [0.05, 0.1) is 0 Å². The average molecular weight is 250 g/mol. The van der Waals surface area contributed by atoms with Crippen molar-refractivity contribution in [2.24, 2.45) is 16.7 Å². The summed E-state index contributed by atoms with van der Waals surface area (Å²) in [6.45, 7) is 8.71. The van der Waals surface area contributed by atoms with Gasteiger partial charge in [-0.15, -0.1) is 0 Å². The molecule has 3 heteroatoms. The summed E-state index contributed by atoms with van der Waals surface area (Å²) in [7, 11) is 0. The smallest absolute Gasteiger partial charge is 0.226 e. The fraction of sp³-hybridized carbons (Fsp3) is 0.933. The highest BCUT2D eigenvalue weighted by Crippen LogP contribution is 2.53. The number of carbonyl (C=O) groups is 1. The molecule has 2 atom stereocenters. The molecule has 3 aliphatic rings. The summed E-state index contributed by atoms with van der Waals surface area (Å²) in [6.07, 6.45) is 6.17. The first-order valence-corrected chi connectivity index (χ1v) is 7.52. The van der Waals surface area contributed by atoms with E-state index in [9.17, 15) is 4.79 Å². The van der Waals surface area contributed by atoms with Crippen LogP contribution in [0.25, 0.3) is 0 Å². The number of carbonyl (C=O) groups excluding carboxylic acids is 1. The van der Waals surface area contributed by atoms with Gasteiger partial charge >= 0.3 is 0 Å². The molecular weight excluding hydrogens is 224 g/mol. The van der Waals surface area contributed by atoms with Crippen LogP contribution in [-0.2, 0) is 4.79 Å². The Balaban J connectivity index is 1.65. The van der Waals surface area contributed by atoms with Gasteiger partial charge in [-0.1, -0.05) is 13.8 Å². The number of rotatable bonds is 1. The minimum absolute atomic E-state index is 0.270. The summed E-state index contributed by atoms with van der Waals surface area (Å²) in [5.41, 5.74) is 0.664. The van der Waals surface area contributed by atoms with Crippen molar-refractivity contribution < 1.29 is 4.79 Å². The van der Waals surface area contributed by atoms with Crippen LogP contribution in [0.5, 0.6) is 0 Å². The lowest BCUT2D eigenvalue weighted by Gasteiger charge is -2.45. The molecule has 1 aliphatic carbocycles. The second-order valence-corrected chi connectivity index (χ2v) is 7.39. The van der Waals surface area contributed by atoms with Crippen molar-refractivity contribution in [3.63, 3.8) is 0 Å². The van der Waals surface area contributed by atoms with Gasteiger partial charge in [-0.2, -0.15) is 0 Å². The SMILES string of the molecule is CC1(C)CC1C(=O)N1CCCC2(CCCNC2)C1. The van der Waals surface area contributed by atoms with E-state index >= 15 is 0 Å².